The number of benzene rings is 1. The van der Waals surface area contributed by atoms with Gasteiger partial charge in [0.15, 0.2) is 0 Å². The van der Waals surface area contributed by atoms with Crippen molar-refractivity contribution in [1.82, 2.24) is 0 Å². The SMILES string of the molecule is Cc1cc(OC(c2ccc(Br)s2)C(C)N)ccc1Cl. The van der Waals surface area contributed by atoms with Crippen molar-refractivity contribution in [2.45, 2.75) is 26.0 Å². The molecule has 0 aliphatic rings. The fourth-order valence-electron chi connectivity index (χ4n) is 1.74. The first-order valence-corrected chi connectivity index (χ1v) is 7.89. The van der Waals surface area contributed by atoms with Gasteiger partial charge in [-0.2, -0.15) is 0 Å². The number of thiophene rings is 1. The highest BCUT2D eigenvalue weighted by Crippen LogP contribution is 2.33. The Labute approximate surface area is 130 Å². The number of halogens is 2. The summed E-state index contributed by atoms with van der Waals surface area (Å²) in [6.45, 7) is 3.90. The van der Waals surface area contributed by atoms with Gasteiger partial charge >= 0.3 is 0 Å². The Balaban J connectivity index is 2.23. The summed E-state index contributed by atoms with van der Waals surface area (Å²) >= 11 is 11.1. The minimum Gasteiger partial charge on any atom is -0.483 e. The van der Waals surface area contributed by atoms with Crippen LogP contribution in [0.25, 0.3) is 0 Å². The molecule has 5 heteroatoms. The second-order valence-corrected chi connectivity index (χ2v) is 7.35. The van der Waals surface area contributed by atoms with Crippen molar-refractivity contribution in [3.8, 4) is 5.75 Å². The molecule has 0 amide bonds. The van der Waals surface area contributed by atoms with Crippen LogP contribution in [0.5, 0.6) is 5.75 Å². The van der Waals surface area contributed by atoms with E-state index < -0.39 is 0 Å². The van der Waals surface area contributed by atoms with E-state index in [9.17, 15) is 0 Å². The molecule has 2 rings (SSSR count). The lowest BCUT2D eigenvalue weighted by Crippen LogP contribution is -2.28. The number of aryl methyl sites for hydroxylation is 1. The fourth-order valence-corrected chi connectivity index (χ4v) is 3.43. The van der Waals surface area contributed by atoms with E-state index in [1.54, 1.807) is 11.3 Å². The average molecular weight is 361 g/mol. The van der Waals surface area contributed by atoms with Crippen LogP contribution in [0, 0.1) is 6.92 Å². The van der Waals surface area contributed by atoms with Gasteiger partial charge in [-0.15, -0.1) is 11.3 Å². The van der Waals surface area contributed by atoms with E-state index in [2.05, 4.69) is 15.9 Å². The minimum absolute atomic E-state index is 0.0958. The van der Waals surface area contributed by atoms with Crippen molar-refractivity contribution in [3.05, 3.63) is 49.6 Å². The van der Waals surface area contributed by atoms with Crippen molar-refractivity contribution < 1.29 is 4.74 Å². The third kappa shape index (κ3) is 3.72. The van der Waals surface area contributed by atoms with Crippen LogP contribution in [-0.4, -0.2) is 6.04 Å². The zero-order valence-electron chi connectivity index (χ0n) is 10.7. The van der Waals surface area contributed by atoms with Crippen LogP contribution in [0.15, 0.2) is 34.1 Å². The molecule has 102 valence electrons. The van der Waals surface area contributed by atoms with Crippen molar-refractivity contribution in [1.29, 1.82) is 0 Å². The van der Waals surface area contributed by atoms with Gasteiger partial charge in [0.05, 0.1) is 3.79 Å². The van der Waals surface area contributed by atoms with Crippen LogP contribution in [0.3, 0.4) is 0 Å². The first kappa shape index (κ1) is 14.9. The van der Waals surface area contributed by atoms with Crippen molar-refractivity contribution >= 4 is 38.9 Å². The van der Waals surface area contributed by atoms with Gasteiger partial charge in [0, 0.05) is 15.9 Å². The Kier molecular flexibility index (Phi) is 4.90. The van der Waals surface area contributed by atoms with Gasteiger partial charge in [-0.05, 0) is 65.7 Å². The average Bonchev–Trinajstić information content (AvgIpc) is 2.76. The van der Waals surface area contributed by atoms with Gasteiger partial charge in [-0.25, -0.2) is 0 Å². The molecule has 1 aromatic heterocycles. The maximum atomic E-state index is 6.03. The van der Waals surface area contributed by atoms with E-state index in [1.165, 1.54) is 0 Å². The zero-order valence-corrected chi connectivity index (χ0v) is 13.8. The molecule has 2 atom stereocenters. The highest BCUT2D eigenvalue weighted by molar-refractivity contribution is 9.11. The Morgan fingerprint density at radius 1 is 1.32 bits per heavy atom. The largest absolute Gasteiger partial charge is 0.483 e. The third-order valence-corrected chi connectivity index (χ3v) is 4.85. The molecular formula is C14H15BrClNOS. The van der Waals surface area contributed by atoms with Gasteiger partial charge < -0.3 is 10.5 Å². The zero-order chi connectivity index (χ0) is 14.0. The Hall–Kier alpha value is -0.550. The summed E-state index contributed by atoms with van der Waals surface area (Å²) in [7, 11) is 0. The van der Waals surface area contributed by atoms with Gasteiger partial charge in [0.1, 0.15) is 11.9 Å². The maximum Gasteiger partial charge on any atom is 0.148 e. The first-order chi connectivity index (χ1) is 8.97. The van der Waals surface area contributed by atoms with E-state index in [1.807, 2.05) is 44.2 Å². The molecule has 19 heavy (non-hydrogen) atoms. The highest BCUT2D eigenvalue weighted by Gasteiger charge is 2.20. The standard InChI is InChI=1S/C14H15BrClNOS/c1-8-7-10(3-4-11(8)16)18-14(9(2)17)12-5-6-13(15)19-12/h3-7,9,14H,17H2,1-2H3. The maximum absolute atomic E-state index is 6.03. The molecule has 0 radical (unpaired) electrons. The third-order valence-electron chi connectivity index (χ3n) is 2.74. The van der Waals surface area contributed by atoms with Gasteiger partial charge in [0.2, 0.25) is 0 Å². The number of nitrogens with two attached hydrogens (primary N) is 1. The van der Waals surface area contributed by atoms with Crippen LogP contribution < -0.4 is 10.5 Å². The molecule has 0 spiro atoms. The predicted molar refractivity (Wildman–Crippen MR) is 85.2 cm³/mol. The quantitative estimate of drug-likeness (QED) is 0.838. The van der Waals surface area contributed by atoms with E-state index in [4.69, 9.17) is 22.1 Å². The molecule has 2 N–H and O–H groups in total. The lowest BCUT2D eigenvalue weighted by Gasteiger charge is -2.21. The Bertz CT molecular complexity index is 570. The molecule has 1 aromatic carbocycles. The number of hydrogen-bond donors (Lipinski definition) is 1. The minimum atomic E-state index is -0.156. The molecule has 1 heterocycles. The Morgan fingerprint density at radius 2 is 2.05 bits per heavy atom. The van der Waals surface area contributed by atoms with E-state index in [0.717, 1.165) is 25.0 Å². The molecule has 0 aliphatic carbocycles. The highest BCUT2D eigenvalue weighted by atomic mass is 79.9. The lowest BCUT2D eigenvalue weighted by molar-refractivity contribution is 0.184. The summed E-state index contributed by atoms with van der Waals surface area (Å²) in [6.07, 6.45) is -0.156. The monoisotopic (exact) mass is 359 g/mol. The summed E-state index contributed by atoms with van der Waals surface area (Å²) in [4.78, 5) is 1.11. The van der Waals surface area contributed by atoms with Gasteiger partial charge in [-0.3, -0.25) is 0 Å². The second kappa shape index (κ2) is 6.27. The first-order valence-electron chi connectivity index (χ1n) is 5.91. The summed E-state index contributed by atoms with van der Waals surface area (Å²) in [5, 5.41) is 0.739. The van der Waals surface area contributed by atoms with Crippen LogP contribution in [0.2, 0.25) is 5.02 Å². The van der Waals surface area contributed by atoms with E-state index in [0.29, 0.717) is 0 Å². The smallest absolute Gasteiger partial charge is 0.148 e. The molecule has 0 bridgehead atoms. The number of hydrogen-bond acceptors (Lipinski definition) is 3. The number of rotatable bonds is 4. The molecule has 0 fully saturated rings. The van der Waals surface area contributed by atoms with Gasteiger partial charge in [0.25, 0.3) is 0 Å². The molecule has 2 aromatic rings. The van der Waals surface area contributed by atoms with E-state index in [-0.39, 0.29) is 12.1 Å². The predicted octanol–water partition coefficient (Wildman–Crippen LogP) is 4.94. The summed E-state index contributed by atoms with van der Waals surface area (Å²) in [6, 6.07) is 9.58. The lowest BCUT2D eigenvalue weighted by atomic mass is 10.1. The second-order valence-electron chi connectivity index (χ2n) is 4.45. The van der Waals surface area contributed by atoms with E-state index >= 15 is 0 Å². The van der Waals surface area contributed by atoms with Crippen molar-refractivity contribution in [2.24, 2.45) is 5.73 Å². The van der Waals surface area contributed by atoms with Crippen molar-refractivity contribution in [3.63, 3.8) is 0 Å². The normalized spacial score (nSPS) is 14.2. The van der Waals surface area contributed by atoms with Crippen LogP contribution in [-0.2, 0) is 0 Å². The molecule has 0 aliphatic heterocycles. The van der Waals surface area contributed by atoms with Crippen LogP contribution in [0.1, 0.15) is 23.5 Å². The number of ether oxygens (including phenoxy) is 1. The topological polar surface area (TPSA) is 35.2 Å². The molecule has 0 saturated heterocycles. The van der Waals surface area contributed by atoms with Gasteiger partial charge in [-0.1, -0.05) is 11.6 Å². The molecule has 2 unspecified atom stereocenters. The Morgan fingerprint density at radius 3 is 2.58 bits per heavy atom. The van der Waals surface area contributed by atoms with Crippen LogP contribution in [0.4, 0.5) is 0 Å². The molecule has 2 nitrogen and oxygen atoms in total. The molecule has 0 saturated carbocycles. The fraction of sp³-hybridized carbons (Fsp3) is 0.286. The summed E-state index contributed by atoms with van der Waals surface area (Å²) in [5.41, 5.74) is 7.03. The van der Waals surface area contributed by atoms with Crippen molar-refractivity contribution in [2.75, 3.05) is 0 Å². The molecular weight excluding hydrogens is 346 g/mol. The summed E-state index contributed by atoms with van der Waals surface area (Å²) < 4.78 is 7.09. The summed E-state index contributed by atoms with van der Waals surface area (Å²) in [5.74, 6) is 0.786. The van der Waals surface area contributed by atoms with Crippen LogP contribution >= 0.6 is 38.9 Å².